The van der Waals surface area contributed by atoms with Crippen molar-refractivity contribution in [3.05, 3.63) is 23.9 Å². The van der Waals surface area contributed by atoms with E-state index in [1.54, 1.807) is 25.9 Å². The predicted octanol–water partition coefficient (Wildman–Crippen LogP) is 0.636. The largest absolute Gasteiger partial charge is 0.478 e. The van der Waals surface area contributed by atoms with E-state index in [1.807, 2.05) is 0 Å². The fraction of sp³-hybridized carbons (Fsp3) is 0.400. The Balaban J connectivity index is 4.74. The van der Waals surface area contributed by atoms with E-state index in [2.05, 4.69) is 0 Å². The van der Waals surface area contributed by atoms with Gasteiger partial charge in [-0.05, 0) is 13.0 Å². The lowest BCUT2D eigenvalue weighted by atomic mass is 10.2. The van der Waals surface area contributed by atoms with E-state index in [-0.39, 0.29) is 12.2 Å². The first-order valence-electron chi connectivity index (χ1n) is 4.43. The van der Waals surface area contributed by atoms with Crippen LogP contribution in [-0.4, -0.2) is 42.6 Å². The molecule has 0 aromatic heterocycles. The highest BCUT2D eigenvalue weighted by molar-refractivity contribution is 5.93. The summed E-state index contributed by atoms with van der Waals surface area (Å²) in [5.74, 6) is -1.65. The van der Waals surface area contributed by atoms with Crippen molar-refractivity contribution in [3.8, 4) is 0 Å². The van der Waals surface area contributed by atoms with Crippen molar-refractivity contribution in [2.24, 2.45) is 0 Å². The average Bonchev–Trinajstić information content (AvgIpc) is 2.11. The molecule has 0 radical (unpaired) electrons. The van der Waals surface area contributed by atoms with Crippen molar-refractivity contribution < 1.29 is 19.4 Å². The standard InChI is InChI=1S/C10H15NO4/c1-4-15-10(14)8(7-11(2)3)5-6-9(12)13/h5-7H,4H2,1-3H3,(H,12,13). The van der Waals surface area contributed by atoms with Crippen molar-refractivity contribution in [3.63, 3.8) is 0 Å². The maximum Gasteiger partial charge on any atom is 0.339 e. The summed E-state index contributed by atoms with van der Waals surface area (Å²) in [4.78, 5) is 23.3. The Morgan fingerprint density at radius 2 is 1.93 bits per heavy atom. The second-order valence-electron chi connectivity index (χ2n) is 2.94. The average molecular weight is 213 g/mol. The summed E-state index contributed by atoms with van der Waals surface area (Å²) in [6, 6.07) is 0. The molecule has 0 bridgehead atoms. The van der Waals surface area contributed by atoms with Crippen LogP contribution in [0.25, 0.3) is 0 Å². The molecule has 0 unspecified atom stereocenters. The number of carbonyl (C=O) groups excluding carboxylic acids is 1. The number of carbonyl (C=O) groups is 2. The molecule has 84 valence electrons. The molecule has 0 aromatic carbocycles. The third kappa shape index (κ3) is 6.31. The van der Waals surface area contributed by atoms with Gasteiger partial charge in [-0.1, -0.05) is 0 Å². The third-order valence-electron chi connectivity index (χ3n) is 1.31. The summed E-state index contributed by atoms with van der Waals surface area (Å²) in [5.41, 5.74) is 0.198. The van der Waals surface area contributed by atoms with Crippen LogP contribution in [0, 0.1) is 0 Å². The number of carboxylic acids is 1. The van der Waals surface area contributed by atoms with Crippen LogP contribution in [0.1, 0.15) is 6.92 Å². The number of nitrogens with zero attached hydrogens (tertiary/aromatic N) is 1. The molecular weight excluding hydrogens is 198 g/mol. The van der Waals surface area contributed by atoms with Crippen molar-refractivity contribution >= 4 is 11.9 Å². The summed E-state index contributed by atoms with van der Waals surface area (Å²) in [6.07, 6.45) is 3.60. The van der Waals surface area contributed by atoms with Gasteiger partial charge in [-0.3, -0.25) is 0 Å². The Hall–Kier alpha value is -1.78. The fourth-order valence-electron chi connectivity index (χ4n) is 0.817. The van der Waals surface area contributed by atoms with Crippen LogP contribution in [0.4, 0.5) is 0 Å². The van der Waals surface area contributed by atoms with Gasteiger partial charge in [-0.2, -0.15) is 0 Å². The quantitative estimate of drug-likeness (QED) is 0.412. The number of ether oxygens (including phenoxy) is 1. The van der Waals surface area contributed by atoms with Gasteiger partial charge in [0.2, 0.25) is 0 Å². The maximum absolute atomic E-state index is 11.3. The summed E-state index contributed by atoms with van der Waals surface area (Å²) in [5, 5.41) is 8.43. The maximum atomic E-state index is 11.3. The Kier molecular flexibility index (Phi) is 5.85. The lowest BCUT2D eigenvalue weighted by molar-refractivity contribution is -0.138. The lowest BCUT2D eigenvalue weighted by Gasteiger charge is -2.07. The van der Waals surface area contributed by atoms with E-state index in [9.17, 15) is 9.59 Å². The zero-order valence-electron chi connectivity index (χ0n) is 9.06. The van der Waals surface area contributed by atoms with Gasteiger partial charge in [0, 0.05) is 26.4 Å². The summed E-state index contributed by atoms with van der Waals surface area (Å²) in [7, 11) is 3.46. The van der Waals surface area contributed by atoms with E-state index in [1.165, 1.54) is 12.3 Å². The number of hydrogen-bond donors (Lipinski definition) is 1. The van der Waals surface area contributed by atoms with Gasteiger partial charge in [0.25, 0.3) is 0 Å². The highest BCUT2D eigenvalue weighted by Gasteiger charge is 2.07. The number of hydrogen-bond acceptors (Lipinski definition) is 4. The van der Waals surface area contributed by atoms with Crippen LogP contribution in [0.3, 0.4) is 0 Å². The first-order chi connectivity index (χ1) is 6.97. The Morgan fingerprint density at radius 3 is 2.33 bits per heavy atom. The van der Waals surface area contributed by atoms with Gasteiger partial charge in [-0.15, -0.1) is 0 Å². The summed E-state index contributed by atoms with van der Waals surface area (Å²) < 4.78 is 4.76. The second-order valence-corrected chi connectivity index (χ2v) is 2.94. The van der Waals surface area contributed by atoms with Crippen molar-refractivity contribution in [2.75, 3.05) is 20.7 Å². The Labute approximate surface area is 88.6 Å². The molecule has 0 aliphatic carbocycles. The minimum Gasteiger partial charge on any atom is -0.478 e. The minimum atomic E-state index is -1.11. The van der Waals surface area contributed by atoms with E-state index in [4.69, 9.17) is 9.84 Å². The van der Waals surface area contributed by atoms with Gasteiger partial charge in [0.05, 0.1) is 12.2 Å². The summed E-state index contributed by atoms with van der Waals surface area (Å²) >= 11 is 0. The molecule has 0 spiro atoms. The molecular formula is C10H15NO4. The molecule has 15 heavy (non-hydrogen) atoms. The van der Waals surface area contributed by atoms with E-state index in [0.29, 0.717) is 0 Å². The van der Waals surface area contributed by atoms with Gasteiger partial charge in [-0.25, -0.2) is 9.59 Å². The van der Waals surface area contributed by atoms with Crippen molar-refractivity contribution in [1.29, 1.82) is 0 Å². The first-order valence-corrected chi connectivity index (χ1v) is 4.43. The molecule has 5 nitrogen and oxygen atoms in total. The Bertz CT molecular complexity index is 292. The van der Waals surface area contributed by atoms with Crippen molar-refractivity contribution in [2.45, 2.75) is 6.92 Å². The van der Waals surface area contributed by atoms with E-state index < -0.39 is 11.9 Å². The highest BCUT2D eigenvalue weighted by Crippen LogP contribution is 2.01. The predicted molar refractivity (Wildman–Crippen MR) is 55.2 cm³/mol. The summed E-state index contributed by atoms with van der Waals surface area (Å²) in [6.45, 7) is 1.94. The SMILES string of the molecule is CCOC(=O)C(C=CC(=O)O)=CN(C)C. The molecule has 0 aromatic rings. The van der Waals surface area contributed by atoms with E-state index >= 15 is 0 Å². The molecule has 1 N–H and O–H groups in total. The molecule has 0 aliphatic heterocycles. The van der Waals surface area contributed by atoms with Gasteiger partial charge >= 0.3 is 11.9 Å². The van der Waals surface area contributed by atoms with Crippen LogP contribution in [0.2, 0.25) is 0 Å². The number of esters is 1. The molecule has 0 saturated heterocycles. The van der Waals surface area contributed by atoms with Crippen LogP contribution in [-0.2, 0) is 14.3 Å². The smallest absolute Gasteiger partial charge is 0.339 e. The monoisotopic (exact) mass is 213 g/mol. The zero-order valence-corrected chi connectivity index (χ0v) is 9.06. The second kappa shape index (κ2) is 6.64. The number of aliphatic carboxylic acids is 1. The molecule has 0 saturated carbocycles. The highest BCUT2D eigenvalue weighted by atomic mass is 16.5. The van der Waals surface area contributed by atoms with Crippen molar-refractivity contribution in [1.82, 2.24) is 4.90 Å². The fourth-order valence-corrected chi connectivity index (χ4v) is 0.817. The molecule has 0 fully saturated rings. The molecule has 0 aliphatic rings. The molecule has 0 atom stereocenters. The third-order valence-corrected chi connectivity index (χ3v) is 1.31. The molecule has 5 heteroatoms. The molecule has 0 amide bonds. The van der Waals surface area contributed by atoms with Crippen LogP contribution < -0.4 is 0 Å². The minimum absolute atomic E-state index is 0.198. The van der Waals surface area contributed by atoms with E-state index in [0.717, 1.165) is 6.08 Å². The van der Waals surface area contributed by atoms with Crippen LogP contribution in [0.5, 0.6) is 0 Å². The molecule has 0 rings (SSSR count). The lowest BCUT2D eigenvalue weighted by Crippen LogP contribution is -2.11. The van der Waals surface area contributed by atoms with Gasteiger partial charge < -0.3 is 14.7 Å². The topological polar surface area (TPSA) is 66.8 Å². The Morgan fingerprint density at radius 1 is 1.33 bits per heavy atom. The normalized spacial score (nSPS) is 11.5. The zero-order chi connectivity index (χ0) is 11.8. The van der Waals surface area contributed by atoms with Gasteiger partial charge in [0.1, 0.15) is 0 Å². The van der Waals surface area contributed by atoms with Crippen LogP contribution in [0.15, 0.2) is 23.9 Å². The van der Waals surface area contributed by atoms with Gasteiger partial charge in [0.15, 0.2) is 0 Å². The number of rotatable bonds is 5. The molecule has 0 heterocycles. The first kappa shape index (κ1) is 13.2. The van der Waals surface area contributed by atoms with Crippen LogP contribution >= 0.6 is 0 Å². The number of carboxylic acid groups (broad SMARTS) is 1.